The summed E-state index contributed by atoms with van der Waals surface area (Å²) in [5.74, 6) is 0.0832. The molecule has 6 rings (SSSR count). The van der Waals surface area contributed by atoms with Crippen molar-refractivity contribution < 1.29 is 14.1 Å². The van der Waals surface area contributed by atoms with Crippen molar-refractivity contribution in [1.29, 1.82) is 0 Å². The molecule has 0 bridgehead atoms. The number of carbonyl (C=O) groups excluding carboxylic acids is 2. The van der Waals surface area contributed by atoms with Crippen LogP contribution in [0.4, 0.5) is 0 Å². The van der Waals surface area contributed by atoms with Crippen molar-refractivity contribution in [1.82, 2.24) is 24.5 Å². The average Bonchev–Trinajstić information content (AvgIpc) is 3.57. The Bertz CT molecular complexity index is 1410. The van der Waals surface area contributed by atoms with Gasteiger partial charge in [0.25, 0.3) is 11.8 Å². The van der Waals surface area contributed by atoms with E-state index in [0.717, 1.165) is 16.8 Å². The molecule has 2 aliphatic rings. The zero-order valence-electron chi connectivity index (χ0n) is 18.3. The van der Waals surface area contributed by atoms with E-state index in [4.69, 9.17) is 16.1 Å². The smallest absolute Gasteiger partial charge is 0.272 e. The minimum atomic E-state index is -1.03. The molecule has 4 aromatic rings. The van der Waals surface area contributed by atoms with Crippen LogP contribution in [0, 0.1) is 6.92 Å². The van der Waals surface area contributed by atoms with Crippen molar-refractivity contribution in [3.05, 3.63) is 94.7 Å². The monoisotopic (exact) mass is 473 g/mol. The number of hydrogen-bond donors (Lipinski definition) is 0. The molecule has 8 nitrogen and oxygen atoms in total. The van der Waals surface area contributed by atoms with E-state index in [1.807, 2.05) is 41.0 Å². The average molecular weight is 474 g/mol. The maximum atomic E-state index is 13.8. The Hall–Kier alpha value is -3.91. The zero-order chi connectivity index (χ0) is 23.4. The summed E-state index contributed by atoms with van der Waals surface area (Å²) < 4.78 is 7.17. The van der Waals surface area contributed by atoms with Crippen LogP contribution in [0.2, 0.25) is 5.02 Å². The van der Waals surface area contributed by atoms with Crippen LogP contribution in [0.3, 0.4) is 0 Å². The van der Waals surface area contributed by atoms with E-state index in [9.17, 15) is 9.59 Å². The Morgan fingerprint density at radius 1 is 1.03 bits per heavy atom. The molecule has 3 aromatic heterocycles. The summed E-state index contributed by atoms with van der Waals surface area (Å²) in [6.45, 7) is 2.87. The second-order valence-corrected chi connectivity index (χ2v) is 8.90. The van der Waals surface area contributed by atoms with E-state index in [-0.39, 0.29) is 11.8 Å². The van der Waals surface area contributed by atoms with Gasteiger partial charge in [-0.1, -0.05) is 28.9 Å². The number of pyridine rings is 1. The SMILES string of the molecule is Cc1oncc1C(=O)N1CCN2C(=O)c3ccc(-c4ccncc4)n3CC12c1ccc(Cl)cc1. The summed E-state index contributed by atoms with van der Waals surface area (Å²) in [6.07, 6.45) is 4.88. The van der Waals surface area contributed by atoms with Gasteiger partial charge in [-0.25, -0.2) is 0 Å². The van der Waals surface area contributed by atoms with Crippen molar-refractivity contribution in [2.45, 2.75) is 19.1 Å². The molecule has 0 N–H and O–H groups in total. The van der Waals surface area contributed by atoms with Crippen LogP contribution in [0.1, 0.15) is 32.2 Å². The van der Waals surface area contributed by atoms with E-state index < -0.39 is 5.66 Å². The normalized spacial score (nSPS) is 19.3. The first kappa shape index (κ1) is 20.7. The molecule has 1 atom stereocenters. The molecule has 9 heteroatoms. The number of carbonyl (C=O) groups is 2. The fraction of sp³-hybridized carbons (Fsp3) is 0.200. The maximum Gasteiger partial charge on any atom is 0.272 e. The van der Waals surface area contributed by atoms with Crippen LogP contribution < -0.4 is 0 Å². The molecule has 1 aromatic carbocycles. The van der Waals surface area contributed by atoms with Crippen molar-refractivity contribution in [2.75, 3.05) is 13.1 Å². The molecule has 170 valence electrons. The Kier molecular flexibility index (Phi) is 4.60. The van der Waals surface area contributed by atoms with Gasteiger partial charge < -0.3 is 18.9 Å². The summed E-state index contributed by atoms with van der Waals surface area (Å²) in [6, 6.07) is 14.9. The van der Waals surface area contributed by atoms with Crippen LogP contribution in [0.5, 0.6) is 0 Å². The summed E-state index contributed by atoms with van der Waals surface area (Å²) in [5, 5.41) is 4.37. The van der Waals surface area contributed by atoms with Crippen LogP contribution >= 0.6 is 11.6 Å². The van der Waals surface area contributed by atoms with Crippen molar-refractivity contribution >= 4 is 23.4 Å². The number of hydrogen-bond acceptors (Lipinski definition) is 5. The Morgan fingerprint density at radius 2 is 1.76 bits per heavy atom. The quantitative estimate of drug-likeness (QED) is 0.449. The first-order chi connectivity index (χ1) is 16.5. The van der Waals surface area contributed by atoms with Gasteiger partial charge in [-0.15, -0.1) is 0 Å². The lowest BCUT2D eigenvalue weighted by Crippen LogP contribution is -2.60. The number of amides is 2. The van der Waals surface area contributed by atoms with E-state index >= 15 is 0 Å². The number of aryl methyl sites for hydroxylation is 1. The second kappa shape index (κ2) is 7.56. The number of aromatic nitrogens is 3. The van der Waals surface area contributed by atoms with Crippen molar-refractivity contribution in [3.63, 3.8) is 0 Å². The van der Waals surface area contributed by atoms with Gasteiger partial charge in [0.2, 0.25) is 0 Å². The Labute approximate surface area is 200 Å². The highest BCUT2D eigenvalue weighted by Crippen LogP contribution is 2.45. The maximum absolute atomic E-state index is 13.8. The fourth-order valence-corrected chi connectivity index (χ4v) is 5.28. The summed E-state index contributed by atoms with van der Waals surface area (Å²) >= 11 is 6.20. The molecule has 1 saturated heterocycles. The summed E-state index contributed by atoms with van der Waals surface area (Å²) in [7, 11) is 0. The number of rotatable bonds is 3. The first-order valence-electron chi connectivity index (χ1n) is 10.9. The standard InChI is InChI=1S/C25H20ClN5O3/c1-16-20(14-28-34-16)23(32)30-12-13-31-24(33)22-7-6-21(17-8-10-27-11-9-17)29(22)15-25(30,31)18-2-4-19(26)5-3-18/h2-11,14H,12-13,15H2,1H3. The molecule has 2 aliphatic heterocycles. The number of fused-ring (bicyclic) bond motifs is 2. The third-order valence-corrected chi connectivity index (χ3v) is 7.02. The molecule has 0 radical (unpaired) electrons. The predicted molar refractivity (Wildman–Crippen MR) is 124 cm³/mol. The number of benzene rings is 1. The lowest BCUT2D eigenvalue weighted by Gasteiger charge is -2.47. The van der Waals surface area contributed by atoms with Crippen LogP contribution in [0.25, 0.3) is 11.3 Å². The molecule has 5 heterocycles. The van der Waals surface area contributed by atoms with E-state index in [2.05, 4.69) is 10.1 Å². The minimum absolute atomic E-state index is 0.126. The molecule has 0 spiro atoms. The van der Waals surface area contributed by atoms with Crippen LogP contribution in [-0.4, -0.2) is 49.4 Å². The van der Waals surface area contributed by atoms with Crippen LogP contribution in [0.15, 0.2) is 71.6 Å². The lowest BCUT2D eigenvalue weighted by atomic mass is 9.93. The fourth-order valence-electron chi connectivity index (χ4n) is 5.15. The van der Waals surface area contributed by atoms with Gasteiger partial charge in [-0.05, 0) is 43.3 Å². The first-order valence-corrected chi connectivity index (χ1v) is 11.3. The van der Waals surface area contributed by atoms with Crippen LogP contribution in [-0.2, 0) is 12.2 Å². The summed E-state index contributed by atoms with van der Waals surface area (Å²) in [4.78, 5) is 35.3. The summed E-state index contributed by atoms with van der Waals surface area (Å²) in [5.41, 5.74) is 2.59. The van der Waals surface area contributed by atoms with Gasteiger partial charge in [0.05, 0.1) is 12.7 Å². The van der Waals surface area contributed by atoms with Crippen molar-refractivity contribution in [3.8, 4) is 11.3 Å². The van der Waals surface area contributed by atoms with Crippen molar-refractivity contribution in [2.24, 2.45) is 0 Å². The Morgan fingerprint density at radius 3 is 2.47 bits per heavy atom. The highest BCUT2D eigenvalue weighted by Gasteiger charge is 2.56. The van der Waals surface area contributed by atoms with Gasteiger partial charge in [0, 0.05) is 47.3 Å². The van der Waals surface area contributed by atoms with Gasteiger partial charge in [0.1, 0.15) is 17.0 Å². The zero-order valence-corrected chi connectivity index (χ0v) is 19.1. The largest absolute Gasteiger partial charge is 0.361 e. The topological polar surface area (TPSA) is 84.5 Å². The Balaban J connectivity index is 1.56. The van der Waals surface area contributed by atoms with E-state index in [0.29, 0.717) is 41.7 Å². The van der Waals surface area contributed by atoms with E-state index in [1.165, 1.54) is 6.20 Å². The molecule has 34 heavy (non-hydrogen) atoms. The highest BCUT2D eigenvalue weighted by atomic mass is 35.5. The van der Waals surface area contributed by atoms with Gasteiger partial charge in [-0.3, -0.25) is 14.6 Å². The third kappa shape index (κ3) is 2.85. The molecular formula is C25H20ClN5O3. The van der Waals surface area contributed by atoms with Gasteiger partial charge in [-0.2, -0.15) is 0 Å². The van der Waals surface area contributed by atoms with Gasteiger partial charge in [0.15, 0.2) is 5.66 Å². The molecule has 1 fully saturated rings. The molecule has 2 amide bonds. The molecule has 0 aliphatic carbocycles. The third-order valence-electron chi connectivity index (χ3n) is 6.77. The number of nitrogens with zero attached hydrogens (tertiary/aromatic N) is 5. The number of halogens is 1. The lowest BCUT2D eigenvalue weighted by molar-refractivity contribution is -0.00567. The molecule has 1 unspecified atom stereocenters. The molecule has 0 saturated carbocycles. The minimum Gasteiger partial charge on any atom is -0.361 e. The predicted octanol–water partition coefficient (Wildman–Crippen LogP) is 3.96. The second-order valence-electron chi connectivity index (χ2n) is 8.46. The van der Waals surface area contributed by atoms with E-state index in [1.54, 1.807) is 41.2 Å². The van der Waals surface area contributed by atoms with Gasteiger partial charge >= 0.3 is 0 Å². The molecular weight excluding hydrogens is 454 g/mol. The highest BCUT2D eigenvalue weighted by molar-refractivity contribution is 6.30.